The molecule has 0 spiro atoms. The van der Waals surface area contributed by atoms with Crippen molar-refractivity contribution in [1.82, 2.24) is 0 Å². The van der Waals surface area contributed by atoms with Gasteiger partial charge in [-0.1, -0.05) is 67.8 Å². The predicted octanol–water partition coefficient (Wildman–Crippen LogP) is 7.83. The Labute approximate surface area is 206 Å². The van der Waals surface area contributed by atoms with Crippen LogP contribution in [0.5, 0.6) is 0 Å². The van der Waals surface area contributed by atoms with E-state index in [1.54, 1.807) is 0 Å². The minimum Gasteiger partial charge on any atom is -0.309 e. The first kappa shape index (κ1) is 22.4. The van der Waals surface area contributed by atoms with Crippen molar-refractivity contribution in [3.8, 4) is 0 Å². The number of fused-ring (bicyclic) bond motifs is 5. The fraction of sp³-hybridized carbons (Fsp3) is 0.594. The minimum atomic E-state index is 0.203. The molecule has 7 atom stereocenters. The normalized spacial score (nSPS) is 39.4. The van der Waals surface area contributed by atoms with Crippen LogP contribution in [0, 0.1) is 42.4 Å². The molecule has 6 rings (SSSR count). The van der Waals surface area contributed by atoms with Gasteiger partial charge in [-0.15, -0.1) is 0 Å². The summed E-state index contributed by atoms with van der Waals surface area (Å²) in [5, 5.41) is 0. The van der Waals surface area contributed by atoms with Crippen molar-refractivity contribution in [3.05, 3.63) is 65.2 Å². The molecule has 2 heteroatoms. The summed E-state index contributed by atoms with van der Waals surface area (Å²) in [5.41, 5.74) is 5.94. The van der Waals surface area contributed by atoms with Crippen LogP contribution in [0.15, 0.2) is 48.5 Å². The number of hydrogen-bond donors (Lipinski definition) is 0. The van der Waals surface area contributed by atoms with Crippen LogP contribution in [0.25, 0.3) is 0 Å². The van der Waals surface area contributed by atoms with Crippen LogP contribution in [0.4, 0.5) is 5.69 Å². The van der Waals surface area contributed by atoms with Gasteiger partial charge >= 0.3 is 0 Å². The molecule has 0 N–H and O–H groups in total. The average Bonchev–Trinajstić information content (AvgIpc) is 3.22. The van der Waals surface area contributed by atoms with Crippen molar-refractivity contribution in [3.63, 3.8) is 0 Å². The summed E-state index contributed by atoms with van der Waals surface area (Å²) in [4.78, 5) is 15.7. The molecule has 34 heavy (non-hydrogen) atoms. The van der Waals surface area contributed by atoms with Crippen LogP contribution in [0.1, 0.15) is 87.8 Å². The quantitative estimate of drug-likeness (QED) is 0.452. The monoisotopic (exact) mass is 455 g/mol. The highest BCUT2D eigenvalue weighted by Gasteiger charge is 2.62. The van der Waals surface area contributed by atoms with E-state index in [-0.39, 0.29) is 11.5 Å². The van der Waals surface area contributed by atoms with Crippen molar-refractivity contribution < 1.29 is 4.79 Å². The van der Waals surface area contributed by atoms with E-state index in [2.05, 4.69) is 81.1 Å². The standard InChI is InChI=1S/C32H41NO/c1-21-7-11-23(12-8-21)25-20-28-32(4,27-15-18-31(3)17-5-6-26(31)30(25)27)19-16-29(34)33(28)24-13-9-22(2)10-14-24/h7-14,25-28,30H,5-6,15-20H2,1-4H3/t25?,26-,27+,28?,30-,31-,32+/m0/s1. The van der Waals surface area contributed by atoms with Crippen LogP contribution in [0.2, 0.25) is 0 Å². The van der Waals surface area contributed by atoms with E-state index in [4.69, 9.17) is 0 Å². The summed E-state index contributed by atoms with van der Waals surface area (Å²) in [6.07, 6.45) is 9.79. The lowest BCUT2D eigenvalue weighted by Crippen LogP contribution is -2.64. The molecule has 2 unspecified atom stereocenters. The molecule has 1 amide bonds. The van der Waals surface area contributed by atoms with E-state index >= 15 is 0 Å². The maximum Gasteiger partial charge on any atom is 0.227 e. The summed E-state index contributed by atoms with van der Waals surface area (Å²) in [7, 11) is 0. The molecule has 2 nitrogen and oxygen atoms in total. The molecule has 1 heterocycles. The second-order valence-electron chi connectivity index (χ2n) is 12.7. The molecule has 3 saturated carbocycles. The second kappa shape index (κ2) is 7.97. The lowest BCUT2D eigenvalue weighted by Gasteiger charge is -2.64. The van der Waals surface area contributed by atoms with Gasteiger partial charge in [0.2, 0.25) is 5.91 Å². The molecular formula is C32H41NO. The van der Waals surface area contributed by atoms with Crippen molar-refractivity contribution >= 4 is 11.6 Å². The second-order valence-corrected chi connectivity index (χ2v) is 12.7. The smallest absolute Gasteiger partial charge is 0.227 e. The van der Waals surface area contributed by atoms with Crippen molar-refractivity contribution in [1.29, 1.82) is 0 Å². The molecule has 180 valence electrons. The number of hydrogen-bond acceptors (Lipinski definition) is 1. The number of rotatable bonds is 2. The Morgan fingerprint density at radius 2 is 1.50 bits per heavy atom. The van der Waals surface area contributed by atoms with E-state index in [1.165, 1.54) is 48.8 Å². The van der Waals surface area contributed by atoms with E-state index in [0.29, 0.717) is 29.6 Å². The minimum absolute atomic E-state index is 0.203. The van der Waals surface area contributed by atoms with Crippen LogP contribution in [0.3, 0.4) is 0 Å². The Hall–Kier alpha value is -2.09. The van der Waals surface area contributed by atoms with Crippen LogP contribution in [-0.2, 0) is 4.79 Å². The molecule has 0 radical (unpaired) electrons. The van der Waals surface area contributed by atoms with Gasteiger partial charge in [0.25, 0.3) is 0 Å². The lowest BCUT2D eigenvalue weighted by molar-refractivity contribution is -0.131. The number of anilines is 1. The van der Waals surface area contributed by atoms with Crippen LogP contribution < -0.4 is 4.90 Å². The summed E-state index contributed by atoms with van der Waals surface area (Å²) in [6, 6.07) is 18.4. The SMILES string of the molecule is Cc1ccc(C2CC3N(c4ccc(C)cc4)C(=O)CC[C@]3(C)[C@@H]3CC[C@]4(C)CCC[C@H]4[C@H]23)cc1. The Kier molecular flexibility index (Phi) is 5.24. The Balaban J connectivity index is 1.47. The Morgan fingerprint density at radius 3 is 2.21 bits per heavy atom. The van der Waals surface area contributed by atoms with E-state index in [9.17, 15) is 4.79 Å². The third-order valence-electron chi connectivity index (χ3n) is 10.9. The average molecular weight is 456 g/mol. The summed E-state index contributed by atoms with van der Waals surface area (Å²) < 4.78 is 0. The maximum atomic E-state index is 13.5. The van der Waals surface area contributed by atoms with Gasteiger partial charge in [0.1, 0.15) is 0 Å². The Bertz CT molecular complexity index is 1070. The molecule has 2 aromatic carbocycles. The number of benzene rings is 2. The summed E-state index contributed by atoms with van der Waals surface area (Å²) >= 11 is 0. The fourth-order valence-electron chi connectivity index (χ4n) is 9.05. The fourth-order valence-corrected chi connectivity index (χ4v) is 9.05. The van der Waals surface area contributed by atoms with Gasteiger partial charge < -0.3 is 4.90 Å². The van der Waals surface area contributed by atoms with Gasteiger partial charge in [0, 0.05) is 18.2 Å². The number of carbonyl (C=O) groups excluding carboxylic acids is 1. The van der Waals surface area contributed by atoms with Gasteiger partial charge in [-0.3, -0.25) is 4.79 Å². The lowest BCUT2D eigenvalue weighted by atomic mass is 9.44. The third-order valence-corrected chi connectivity index (χ3v) is 10.9. The van der Waals surface area contributed by atoms with Gasteiger partial charge in [0.05, 0.1) is 0 Å². The van der Waals surface area contributed by atoms with E-state index in [1.807, 2.05) is 0 Å². The zero-order chi connectivity index (χ0) is 23.7. The summed E-state index contributed by atoms with van der Waals surface area (Å²) in [5.74, 6) is 3.16. The molecular weight excluding hydrogens is 414 g/mol. The first-order chi connectivity index (χ1) is 16.3. The van der Waals surface area contributed by atoms with Crippen LogP contribution >= 0.6 is 0 Å². The van der Waals surface area contributed by atoms with Gasteiger partial charge in [0.15, 0.2) is 0 Å². The highest BCUT2D eigenvalue weighted by atomic mass is 16.2. The summed E-state index contributed by atoms with van der Waals surface area (Å²) in [6.45, 7) is 9.49. The van der Waals surface area contributed by atoms with Gasteiger partial charge in [-0.2, -0.15) is 0 Å². The molecule has 0 bridgehead atoms. The molecule has 3 aliphatic carbocycles. The predicted molar refractivity (Wildman–Crippen MR) is 140 cm³/mol. The number of piperidine rings is 1. The van der Waals surface area contributed by atoms with E-state index in [0.717, 1.165) is 30.4 Å². The van der Waals surface area contributed by atoms with Crippen molar-refractivity contribution in [2.24, 2.45) is 28.6 Å². The molecule has 2 aromatic rings. The number of aryl methyl sites for hydroxylation is 2. The van der Waals surface area contributed by atoms with Crippen molar-refractivity contribution in [2.45, 2.75) is 91.0 Å². The zero-order valence-corrected chi connectivity index (χ0v) is 21.5. The number of carbonyl (C=O) groups is 1. The van der Waals surface area contributed by atoms with E-state index < -0.39 is 0 Å². The number of nitrogens with zero attached hydrogens (tertiary/aromatic N) is 1. The molecule has 1 saturated heterocycles. The van der Waals surface area contributed by atoms with Gasteiger partial charge in [-0.25, -0.2) is 0 Å². The van der Waals surface area contributed by atoms with Crippen molar-refractivity contribution in [2.75, 3.05) is 4.90 Å². The molecule has 0 aromatic heterocycles. The molecule has 1 aliphatic heterocycles. The third kappa shape index (κ3) is 3.31. The maximum absolute atomic E-state index is 13.5. The van der Waals surface area contributed by atoms with Crippen LogP contribution in [-0.4, -0.2) is 11.9 Å². The number of amides is 1. The molecule has 4 fully saturated rings. The first-order valence-electron chi connectivity index (χ1n) is 13.8. The Morgan fingerprint density at radius 1 is 0.824 bits per heavy atom. The first-order valence-corrected chi connectivity index (χ1v) is 13.8. The highest BCUT2D eigenvalue weighted by Crippen LogP contribution is 2.67. The zero-order valence-electron chi connectivity index (χ0n) is 21.5. The topological polar surface area (TPSA) is 20.3 Å². The highest BCUT2D eigenvalue weighted by molar-refractivity contribution is 5.95. The molecule has 4 aliphatic rings. The van der Waals surface area contributed by atoms with Gasteiger partial charge in [-0.05, 0) is 105 Å². The largest absolute Gasteiger partial charge is 0.309 e.